The van der Waals surface area contributed by atoms with Crippen LogP contribution in [0.5, 0.6) is 0 Å². The number of oxazole rings is 1. The van der Waals surface area contributed by atoms with Gasteiger partial charge >= 0.3 is 0 Å². The van der Waals surface area contributed by atoms with Gasteiger partial charge in [-0.1, -0.05) is 204 Å². The van der Waals surface area contributed by atoms with Crippen molar-refractivity contribution in [2.75, 3.05) is 0 Å². The molecule has 0 fully saturated rings. The van der Waals surface area contributed by atoms with Crippen LogP contribution in [0.3, 0.4) is 0 Å². The van der Waals surface area contributed by atoms with Gasteiger partial charge in [0.1, 0.15) is 11.6 Å². The topological polar surface area (TPSA) is 59.7 Å². The first-order valence-corrected chi connectivity index (χ1v) is 35.4. The Morgan fingerprint density at radius 3 is 1.12 bits per heavy atom. The lowest BCUT2D eigenvalue weighted by Gasteiger charge is -2.26. The van der Waals surface area contributed by atoms with Gasteiger partial charge in [-0.15, -0.1) is 22.7 Å². The van der Waals surface area contributed by atoms with Crippen molar-refractivity contribution in [1.29, 1.82) is 5.26 Å². The highest BCUT2D eigenvalue weighted by atomic mass is 32.1. The maximum atomic E-state index is 12.7. The highest BCUT2D eigenvalue weighted by Crippen LogP contribution is 2.57. The average molecular weight is 1290 g/mol. The second-order valence-electron chi connectivity index (χ2n) is 30.6. The van der Waals surface area contributed by atoms with Crippen molar-refractivity contribution in [2.24, 2.45) is 0 Å². The predicted molar refractivity (Wildman–Crippen MR) is 415 cm³/mol. The van der Waals surface area contributed by atoms with Crippen LogP contribution in [0.2, 0.25) is 0 Å². The molecule has 0 bridgehead atoms. The van der Waals surface area contributed by atoms with Crippen LogP contribution in [0, 0.1) is 11.3 Å². The van der Waals surface area contributed by atoms with Gasteiger partial charge in [0, 0.05) is 84.4 Å². The predicted octanol–water partition coefficient (Wildman–Crippen LogP) is 26.2. The molecule has 0 spiro atoms. The van der Waals surface area contributed by atoms with Crippen LogP contribution >= 0.6 is 22.7 Å². The second-order valence-corrected chi connectivity index (χ2v) is 32.8. The quantitative estimate of drug-likeness (QED) is 0.160. The maximum Gasteiger partial charge on any atom is 0.229 e. The van der Waals surface area contributed by atoms with Crippen molar-refractivity contribution >= 4 is 118 Å². The molecule has 5 nitrogen and oxygen atoms in total. The minimum Gasteiger partial charge on any atom is -0.436 e. The number of hydrogen-bond donors (Lipinski definition) is 0. The summed E-state index contributed by atoms with van der Waals surface area (Å²) in [6.07, 6.45) is 0. The Kier molecular flexibility index (Phi) is 13.6. The molecule has 17 rings (SSSR count). The Morgan fingerprint density at radius 2 is 0.722 bits per heavy atom. The number of fused-ring (bicyclic) bond motifs is 13. The molecule has 0 atom stereocenters. The summed E-state index contributed by atoms with van der Waals surface area (Å²) in [5.41, 5.74) is 21.8. The number of rotatable bonds is 7. The summed E-state index contributed by atoms with van der Waals surface area (Å²) in [4.78, 5) is 5.44. The van der Waals surface area contributed by atoms with E-state index in [0.717, 1.165) is 109 Å². The minimum atomic E-state index is -0.0437. The summed E-state index contributed by atoms with van der Waals surface area (Å²) in [6, 6.07) is 88.4. The molecule has 97 heavy (non-hydrogen) atoms. The monoisotopic (exact) mass is 1290 g/mol. The molecule has 0 aliphatic rings. The molecule has 5 aromatic heterocycles. The molecule has 0 radical (unpaired) electrons. The number of thiophene rings is 2. The van der Waals surface area contributed by atoms with Crippen molar-refractivity contribution in [1.82, 2.24) is 14.1 Å². The zero-order valence-corrected chi connectivity index (χ0v) is 58.6. The first-order valence-electron chi connectivity index (χ1n) is 33.8. The van der Waals surface area contributed by atoms with Gasteiger partial charge < -0.3 is 13.6 Å². The van der Waals surface area contributed by atoms with E-state index >= 15 is 0 Å². The zero-order valence-electron chi connectivity index (χ0n) is 57.0. The van der Waals surface area contributed by atoms with Gasteiger partial charge in [0.05, 0.1) is 33.2 Å². The Morgan fingerprint density at radius 1 is 0.351 bits per heavy atom. The Labute approximate surface area is 574 Å². The van der Waals surface area contributed by atoms with E-state index in [-0.39, 0.29) is 21.7 Å². The number of hydrogen-bond acceptors (Lipinski definition) is 5. The van der Waals surface area contributed by atoms with Gasteiger partial charge in [-0.25, -0.2) is 4.98 Å². The summed E-state index contributed by atoms with van der Waals surface area (Å²) in [5, 5.41) is 22.2. The average Bonchev–Trinajstić information content (AvgIpc) is 1.70. The molecule has 0 aliphatic carbocycles. The molecule has 0 unspecified atom stereocenters. The van der Waals surface area contributed by atoms with E-state index in [0.29, 0.717) is 28.1 Å². The Balaban J connectivity index is 1.02. The summed E-state index contributed by atoms with van der Waals surface area (Å²) in [5.74, 6) is 0.387. The molecular formula is C90H74N4OS2. The minimum absolute atomic E-state index is 0.0432. The standard InChI is InChI=1S/C90H74N4OS2/c1-87(2,3)54-35-43-70-64(47-54)65-48-55(88(4,5)6)36-44-71(65)93(70)58-39-31-52(32-40-58)79-80(53-33-41-59(42-34-53)94-72-45-37-56(89(7,8)9)49-66(72)67-50-57(90(10,11)12)38-46-73(67)94)84(63-24-20-30-78-82(63)61-22-14-18-28-76(61)97-78)85(86-92-69-25-15-16-26-74(69)95-86)68(51-91)83(79)62-23-19-29-77-81(62)60-21-13-17-27-75(60)96-77/h13-50H,1-12H3. The van der Waals surface area contributed by atoms with Gasteiger partial charge in [0.25, 0.3) is 0 Å². The molecule has 0 saturated carbocycles. The van der Waals surface area contributed by atoms with E-state index in [9.17, 15) is 5.26 Å². The summed E-state index contributed by atoms with van der Waals surface area (Å²) in [6.45, 7) is 27.6. The molecule has 0 N–H and O–H groups in total. The third-order valence-corrected chi connectivity index (χ3v) is 22.6. The van der Waals surface area contributed by atoms with E-state index < -0.39 is 0 Å². The number of benzene rings is 12. The van der Waals surface area contributed by atoms with Crippen LogP contribution < -0.4 is 0 Å². The van der Waals surface area contributed by atoms with Gasteiger partial charge in [0.15, 0.2) is 5.58 Å². The van der Waals surface area contributed by atoms with Gasteiger partial charge in [-0.3, -0.25) is 0 Å². The molecular weight excluding hydrogens is 1220 g/mol. The lowest BCUT2D eigenvalue weighted by atomic mass is 9.76. The highest BCUT2D eigenvalue weighted by Gasteiger charge is 2.34. The van der Waals surface area contributed by atoms with E-state index in [1.165, 1.54) is 53.2 Å². The molecule has 5 heterocycles. The number of nitrogens with zero attached hydrogens (tertiary/aromatic N) is 4. The fourth-order valence-electron chi connectivity index (χ4n) is 15.2. The molecule has 0 aliphatic heterocycles. The van der Waals surface area contributed by atoms with Crippen LogP contribution in [0.25, 0.3) is 162 Å². The molecule has 472 valence electrons. The van der Waals surface area contributed by atoms with Crippen molar-refractivity contribution in [3.63, 3.8) is 0 Å². The first-order chi connectivity index (χ1) is 46.6. The fourth-order valence-corrected chi connectivity index (χ4v) is 17.4. The van der Waals surface area contributed by atoms with Crippen molar-refractivity contribution in [3.05, 3.63) is 258 Å². The van der Waals surface area contributed by atoms with Crippen LogP contribution in [0.1, 0.15) is 111 Å². The van der Waals surface area contributed by atoms with Crippen molar-refractivity contribution in [2.45, 2.75) is 105 Å². The van der Waals surface area contributed by atoms with Gasteiger partial charge in [-0.2, -0.15) is 5.26 Å². The number of para-hydroxylation sites is 2. The third kappa shape index (κ3) is 9.69. The normalized spacial score (nSPS) is 12.7. The molecule has 0 amide bonds. The Bertz CT molecular complexity index is 5990. The first kappa shape index (κ1) is 60.3. The van der Waals surface area contributed by atoms with E-state index in [4.69, 9.17) is 9.40 Å². The van der Waals surface area contributed by atoms with Crippen LogP contribution in [-0.2, 0) is 21.7 Å². The zero-order chi connectivity index (χ0) is 66.8. The summed E-state index contributed by atoms with van der Waals surface area (Å²) >= 11 is 3.58. The Hall–Kier alpha value is -10.4. The van der Waals surface area contributed by atoms with Gasteiger partial charge in [-0.05, 0) is 186 Å². The third-order valence-electron chi connectivity index (χ3n) is 20.3. The molecule has 7 heteroatoms. The molecule has 12 aromatic carbocycles. The fraction of sp³-hybridized carbons (Fsp3) is 0.178. The second kappa shape index (κ2) is 21.8. The smallest absolute Gasteiger partial charge is 0.229 e. The lowest BCUT2D eigenvalue weighted by Crippen LogP contribution is -2.10. The maximum absolute atomic E-state index is 12.7. The van der Waals surface area contributed by atoms with E-state index in [1.807, 2.05) is 24.3 Å². The van der Waals surface area contributed by atoms with Crippen LogP contribution in [-0.4, -0.2) is 14.1 Å². The lowest BCUT2D eigenvalue weighted by molar-refractivity contribution is 0.590. The van der Waals surface area contributed by atoms with Crippen molar-refractivity contribution < 1.29 is 4.42 Å². The van der Waals surface area contributed by atoms with E-state index in [2.05, 4.69) is 305 Å². The summed E-state index contributed by atoms with van der Waals surface area (Å²) < 4.78 is 16.7. The largest absolute Gasteiger partial charge is 0.436 e. The molecule has 0 saturated heterocycles. The summed E-state index contributed by atoms with van der Waals surface area (Å²) in [7, 11) is 0. The van der Waals surface area contributed by atoms with Crippen LogP contribution in [0.4, 0.5) is 0 Å². The van der Waals surface area contributed by atoms with Crippen molar-refractivity contribution in [3.8, 4) is 73.4 Å². The van der Waals surface area contributed by atoms with E-state index in [1.54, 1.807) is 22.7 Å². The number of nitriles is 1. The number of aromatic nitrogens is 3. The SMILES string of the molecule is CC(C)(C)c1ccc2c(c1)c1cc(C(C)(C)C)ccc1n2-c1ccc(-c2c(-c3cccc4sc5ccccc5c34)c(C#N)c(-c3nc4ccccc4o3)c(-c3cccc4sc5ccccc5c34)c2-c2ccc(-n3c4ccc(C(C)(C)C)cc4c4cc(C(C)(C)C)ccc43)cc2)cc1. The molecule has 17 aromatic rings. The van der Waals surface area contributed by atoms with Gasteiger partial charge in [0.2, 0.25) is 5.89 Å². The van der Waals surface area contributed by atoms with Crippen LogP contribution in [0.15, 0.2) is 235 Å². The highest BCUT2D eigenvalue weighted by molar-refractivity contribution is 7.26.